The second-order valence-corrected chi connectivity index (χ2v) is 5.05. The van der Waals surface area contributed by atoms with Gasteiger partial charge in [0.2, 0.25) is 5.82 Å². The molecule has 0 atom stereocenters. The van der Waals surface area contributed by atoms with Crippen LogP contribution in [0.1, 0.15) is 43.1 Å². The first-order valence-corrected chi connectivity index (χ1v) is 7.14. The molecule has 0 aliphatic carbocycles. The van der Waals surface area contributed by atoms with Gasteiger partial charge in [0.25, 0.3) is 5.91 Å². The zero-order valence-corrected chi connectivity index (χ0v) is 11.8. The van der Waals surface area contributed by atoms with Crippen molar-refractivity contribution in [3.05, 3.63) is 11.6 Å². The second kappa shape index (κ2) is 6.65. The van der Waals surface area contributed by atoms with Crippen LogP contribution in [0.4, 0.5) is 0 Å². The number of aromatic nitrogens is 3. The molecule has 2 N–H and O–H groups in total. The van der Waals surface area contributed by atoms with Gasteiger partial charge in [-0.1, -0.05) is 13.8 Å². The summed E-state index contributed by atoms with van der Waals surface area (Å²) in [6.07, 6.45) is 3.07. The highest BCUT2D eigenvalue weighted by Gasteiger charge is 2.19. The topological polar surface area (TPSA) is 73.9 Å². The molecule has 1 amide bonds. The summed E-state index contributed by atoms with van der Waals surface area (Å²) in [6, 6.07) is 0. The van der Waals surface area contributed by atoms with E-state index in [1.54, 1.807) is 0 Å². The van der Waals surface area contributed by atoms with Crippen molar-refractivity contribution in [3.8, 4) is 0 Å². The van der Waals surface area contributed by atoms with Crippen molar-refractivity contribution < 1.29 is 4.79 Å². The van der Waals surface area contributed by atoms with Crippen LogP contribution in [0.5, 0.6) is 0 Å². The van der Waals surface area contributed by atoms with E-state index in [0.717, 1.165) is 51.3 Å². The van der Waals surface area contributed by atoms with Crippen LogP contribution >= 0.6 is 0 Å². The van der Waals surface area contributed by atoms with Crippen LogP contribution in [0.2, 0.25) is 0 Å². The van der Waals surface area contributed by atoms with Crippen molar-refractivity contribution in [2.24, 2.45) is 5.92 Å². The lowest BCUT2D eigenvalue weighted by atomic mass is 9.97. The number of aryl methyl sites for hydroxylation is 1. The smallest absolute Gasteiger partial charge is 0.290 e. The van der Waals surface area contributed by atoms with Gasteiger partial charge in [-0.2, -0.15) is 0 Å². The number of carbonyl (C=O) groups is 1. The molecule has 0 spiro atoms. The molecule has 6 nitrogen and oxygen atoms in total. The number of carbonyl (C=O) groups excluding carboxylic acids is 1. The Balaban J connectivity index is 1.75. The second-order valence-electron chi connectivity index (χ2n) is 5.05. The number of nitrogens with one attached hydrogen (secondary N) is 2. The van der Waals surface area contributed by atoms with Crippen LogP contribution < -0.4 is 5.32 Å². The zero-order chi connectivity index (χ0) is 13.7. The fraction of sp³-hybridized carbons (Fsp3) is 0.769. The molecule has 1 aromatic rings. The van der Waals surface area contributed by atoms with E-state index in [0.29, 0.717) is 5.92 Å². The van der Waals surface area contributed by atoms with E-state index in [9.17, 15) is 4.79 Å². The third-order valence-corrected chi connectivity index (χ3v) is 3.78. The Morgan fingerprint density at radius 3 is 2.74 bits per heavy atom. The van der Waals surface area contributed by atoms with Gasteiger partial charge in [0.1, 0.15) is 5.82 Å². The van der Waals surface area contributed by atoms with Crippen LogP contribution in [0, 0.1) is 5.92 Å². The predicted molar refractivity (Wildman–Crippen MR) is 72.9 cm³/mol. The number of piperidine rings is 1. The van der Waals surface area contributed by atoms with Crippen molar-refractivity contribution >= 4 is 5.91 Å². The maximum Gasteiger partial charge on any atom is 0.290 e. The molecule has 0 radical (unpaired) electrons. The molecule has 0 unspecified atom stereocenters. The molecule has 2 rings (SSSR count). The largest absolute Gasteiger partial charge is 0.349 e. The minimum absolute atomic E-state index is 0.172. The molecule has 6 heteroatoms. The van der Waals surface area contributed by atoms with Crippen LogP contribution in [0.3, 0.4) is 0 Å². The maximum absolute atomic E-state index is 11.9. The first-order valence-electron chi connectivity index (χ1n) is 7.14. The standard InChI is InChI=1S/C13H23N5O/c1-3-11-15-12(17-16-11)13(19)14-9-10-5-7-18(4-2)8-6-10/h10H,3-9H2,1-2H3,(H,14,19)(H,15,16,17). The molecular weight excluding hydrogens is 242 g/mol. The van der Waals surface area contributed by atoms with Gasteiger partial charge < -0.3 is 10.2 Å². The number of likely N-dealkylation sites (tertiary alicyclic amines) is 1. The van der Waals surface area contributed by atoms with Crippen molar-refractivity contribution in [3.63, 3.8) is 0 Å². The van der Waals surface area contributed by atoms with Gasteiger partial charge in [0, 0.05) is 13.0 Å². The molecule has 0 bridgehead atoms. The Bertz CT molecular complexity index is 409. The van der Waals surface area contributed by atoms with E-state index in [1.807, 2.05) is 6.92 Å². The van der Waals surface area contributed by atoms with Crippen molar-refractivity contribution in [2.75, 3.05) is 26.2 Å². The normalized spacial score (nSPS) is 17.6. The van der Waals surface area contributed by atoms with Crippen LogP contribution in [0.15, 0.2) is 0 Å². The Labute approximate surface area is 114 Å². The van der Waals surface area contributed by atoms with Crippen LogP contribution in [0.25, 0.3) is 0 Å². The number of hydrogen-bond acceptors (Lipinski definition) is 4. The molecule has 1 fully saturated rings. The van der Waals surface area contributed by atoms with E-state index >= 15 is 0 Å². The van der Waals surface area contributed by atoms with Crippen LogP contribution in [-0.2, 0) is 6.42 Å². The molecule has 106 valence electrons. The zero-order valence-electron chi connectivity index (χ0n) is 11.8. The first-order chi connectivity index (χ1) is 9.22. The van der Waals surface area contributed by atoms with E-state index in [2.05, 4.69) is 32.3 Å². The molecule has 1 saturated heterocycles. The molecule has 0 saturated carbocycles. The minimum Gasteiger partial charge on any atom is -0.349 e. The predicted octanol–water partition coefficient (Wildman–Crippen LogP) is 0.829. The summed E-state index contributed by atoms with van der Waals surface area (Å²) in [5, 5.41) is 9.62. The van der Waals surface area contributed by atoms with Crippen LogP contribution in [-0.4, -0.2) is 52.2 Å². The van der Waals surface area contributed by atoms with E-state index in [-0.39, 0.29) is 11.7 Å². The third kappa shape index (κ3) is 3.76. The van der Waals surface area contributed by atoms with Gasteiger partial charge in [-0.3, -0.25) is 9.89 Å². The Hall–Kier alpha value is -1.43. The van der Waals surface area contributed by atoms with Gasteiger partial charge in [-0.25, -0.2) is 4.98 Å². The quantitative estimate of drug-likeness (QED) is 0.827. The molecule has 0 aromatic carbocycles. The minimum atomic E-state index is -0.172. The average Bonchev–Trinajstić information content (AvgIpc) is 2.94. The summed E-state index contributed by atoms with van der Waals surface area (Å²) >= 11 is 0. The van der Waals surface area contributed by atoms with Gasteiger partial charge in [-0.05, 0) is 38.4 Å². The highest BCUT2D eigenvalue weighted by Crippen LogP contribution is 2.15. The Morgan fingerprint density at radius 1 is 1.42 bits per heavy atom. The Morgan fingerprint density at radius 2 is 2.16 bits per heavy atom. The molecule has 19 heavy (non-hydrogen) atoms. The number of amides is 1. The molecule has 1 aliphatic heterocycles. The Kier molecular flexibility index (Phi) is 4.90. The number of rotatable bonds is 5. The summed E-state index contributed by atoms with van der Waals surface area (Å²) in [6.45, 7) is 8.29. The fourth-order valence-corrected chi connectivity index (χ4v) is 2.38. The lowest BCUT2D eigenvalue weighted by molar-refractivity contribution is 0.0927. The number of nitrogens with zero attached hydrogens (tertiary/aromatic N) is 3. The summed E-state index contributed by atoms with van der Waals surface area (Å²) < 4.78 is 0. The fourth-order valence-electron chi connectivity index (χ4n) is 2.38. The lowest BCUT2D eigenvalue weighted by Crippen LogP contribution is -2.38. The summed E-state index contributed by atoms with van der Waals surface area (Å²) in [4.78, 5) is 18.4. The van der Waals surface area contributed by atoms with Crippen molar-refractivity contribution in [2.45, 2.75) is 33.1 Å². The highest BCUT2D eigenvalue weighted by atomic mass is 16.2. The van der Waals surface area contributed by atoms with Gasteiger partial charge in [-0.15, -0.1) is 5.10 Å². The van der Waals surface area contributed by atoms with E-state index in [1.165, 1.54) is 0 Å². The molecule has 1 aromatic heterocycles. The van der Waals surface area contributed by atoms with Gasteiger partial charge >= 0.3 is 0 Å². The first kappa shape index (κ1) is 14.0. The third-order valence-electron chi connectivity index (χ3n) is 3.78. The highest BCUT2D eigenvalue weighted by molar-refractivity contribution is 5.90. The van der Waals surface area contributed by atoms with E-state index in [4.69, 9.17) is 0 Å². The molecule has 1 aliphatic rings. The van der Waals surface area contributed by atoms with Gasteiger partial charge in [0.15, 0.2) is 0 Å². The molecular formula is C13H23N5O. The summed E-state index contributed by atoms with van der Waals surface area (Å²) in [7, 11) is 0. The number of H-pyrrole nitrogens is 1. The SMILES string of the molecule is CCc1nc(C(=O)NCC2CCN(CC)CC2)n[nH]1. The van der Waals surface area contributed by atoms with E-state index < -0.39 is 0 Å². The number of aromatic amines is 1. The summed E-state index contributed by atoms with van der Waals surface area (Å²) in [5.74, 6) is 1.41. The number of hydrogen-bond donors (Lipinski definition) is 2. The van der Waals surface area contributed by atoms with Crippen molar-refractivity contribution in [1.82, 2.24) is 25.4 Å². The monoisotopic (exact) mass is 265 g/mol. The lowest BCUT2D eigenvalue weighted by Gasteiger charge is -2.30. The summed E-state index contributed by atoms with van der Waals surface area (Å²) in [5.41, 5.74) is 0. The van der Waals surface area contributed by atoms with Gasteiger partial charge in [0.05, 0.1) is 0 Å². The maximum atomic E-state index is 11.9. The molecule has 2 heterocycles. The average molecular weight is 265 g/mol. The van der Waals surface area contributed by atoms with Crippen molar-refractivity contribution in [1.29, 1.82) is 0 Å².